The van der Waals surface area contributed by atoms with Gasteiger partial charge in [-0.3, -0.25) is 19.1 Å². The monoisotopic (exact) mass is 335 g/mol. The minimum absolute atomic E-state index is 0.0308. The Kier molecular flexibility index (Phi) is 4.29. The Morgan fingerprint density at radius 1 is 1.32 bits per heavy atom. The molecule has 1 saturated heterocycles. The van der Waals surface area contributed by atoms with Crippen LogP contribution in [-0.2, 0) is 6.54 Å². The van der Waals surface area contributed by atoms with Gasteiger partial charge in [-0.25, -0.2) is 4.98 Å². The lowest BCUT2D eigenvalue weighted by Crippen LogP contribution is -2.45. The summed E-state index contributed by atoms with van der Waals surface area (Å²) in [5.41, 5.74) is 3.70. The van der Waals surface area contributed by atoms with Gasteiger partial charge in [0.2, 0.25) is 0 Å². The molecule has 1 fully saturated rings. The predicted molar refractivity (Wildman–Crippen MR) is 96.5 cm³/mol. The molecule has 1 aliphatic rings. The minimum atomic E-state index is -0.0308. The van der Waals surface area contributed by atoms with Crippen LogP contribution in [0.3, 0.4) is 0 Å². The van der Waals surface area contributed by atoms with E-state index in [-0.39, 0.29) is 11.6 Å². The Labute approximate surface area is 146 Å². The molecule has 4 rings (SSSR count). The van der Waals surface area contributed by atoms with E-state index in [1.54, 1.807) is 16.7 Å². The smallest absolute Gasteiger partial charge is 0.258 e. The first kappa shape index (κ1) is 15.9. The summed E-state index contributed by atoms with van der Waals surface area (Å²) in [6.45, 7) is 5.34. The summed E-state index contributed by atoms with van der Waals surface area (Å²) in [7, 11) is 0. The summed E-state index contributed by atoms with van der Waals surface area (Å²) in [5.74, 6) is 0. The van der Waals surface area contributed by atoms with Gasteiger partial charge in [0, 0.05) is 56.9 Å². The number of rotatable bonds is 3. The third-order valence-corrected chi connectivity index (χ3v) is 4.65. The molecular weight excluding hydrogens is 314 g/mol. The zero-order valence-corrected chi connectivity index (χ0v) is 14.2. The topological polar surface area (TPSA) is 62.5 Å². The van der Waals surface area contributed by atoms with E-state index in [0.717, 1.165) is 30.9 Å². The van der Waals surface area contributed by atoms with Gasteiger partial charge in [0.05, 0.1) is 5.69 Å². The number of aryl methyl sites for hydroxylation is 1. The summed E-state index contributed by atoms with van der Waals surface area (Å²) in [6, 6.07) is 9.83. The molecule has 0 spiro atoms. The van der Waals surface area contributed by atoms with E-state index in [0.29, 0.717) is 12.2 Å². The second kappa shape index (κ2) is 6.74. The molecule has 0 aromatic carbocycles. The van der Waals surface area contributed by atoms with Crippen LogP contribution in [0.4, 0.5) is 0 Å². The molecule has 6 heteroatoms. The Balaban J connectivity index is 1.65. The second-order valence-electron chi connectivity index (χ2n) is 6.50. The zero-order valence-electron chi connectivity index (χ0n) is 14.2. The van der Waals surface area contributed by atoms with Gasteiger partial charge in [0.15, 0.2) is 0 Å². The SMILES string of the molecule is Cc1ccc2nc(CN3CCNCC3c3cccnc3)cc(=O)n2c1. The highest BCUT2D eigenvalue weighted by molar-refractivity contribution is 5.40. The first-order valence-corrected chi connectivity index (χ1v) is 8.54. The Bertz CT molecular complexity index is 937. The standard InChI is InChI=1S/C19H21N5O/c1-14-4-5-18-22-16(9-19(25)24(18)12-14)13-23-8-7-21-11-17(23)15-3-2-6-20-10-15/h2-6,9-10,12,17,21H,7-8,11,13H2,1H3. The first-order chi connectivity index (χ1) is 12.2. The van der Waals surface area contributed by atoms with Gasteiger partial charge in [-0.2, -0.15) is 0 Å². The molecule has 1 atom stereocenters. The molecule has 1 aliphatic heterocycles. The highest BCUT2D eigenvalue weighted by atomic mass is 16.1. The number of pyridine rings is 2. The summed E-state index contributed by atoms with van der Waals surface area (Å²) in [5, 5.41) is 3.44. The molecule has 25 heavy (non-hydrogen) atoms. The van der Waals surface area contributed by atoms with Crippen molar-refractivity contribution in [3.05, 3.63) is 76.1 Å². The fourth-order valence-corrected chi connectivity index (χ4v) is 3.38. The maximum atomic E-state index is 12.4. The van der Waals surface area contributed by atoms with E-state index in [2.05, 4.69) is 26.3 Å². The number of fused-ring (bicyclic) bond motifs is 1. The van der Waals surface area contributed by atoms with Crippen LogP contribution in [0.2, 0.25) is 0 Å². The van der Waals surface area contributed by atoms with Crippen LogP contribution in [0.5, 0.6) is 0 Å². The zero-order chi connectivity index (χ0) is 17.2. The van der Waals surface area contributed by atoms with Crippen LogP contribution in [0.25, 0.3) is 5.65 Å². The van der Waals surface area contributed by atoms with Crippen molar-refractivity contribution in [2.75, 3.05) is 19.6 Å². The molecular formula is C19H21N5O. The van der Waals surface area contributed by atoms with Crippen molar-refractivity contribution in [1.82, 2.24) is 24.6 Å². The van der Waals surface area contributed by atoms with E-state index in [4.69, 9.17) is 0 Å². The van der Waals surface area contributed by atoms with E-state index < -0.39 is 0 Å². The lowest BCUT2D eigenvalue weighted by molar-refractivity contribution is 0.151. The molecule has 4 heterocycles. The molecule has 0 radical (unpaired) electrons. The largest absolute Gasteiger partial charge is 0.314 e. The number of hydrogen-bond acceptors (Lipinski definition) is 5. The molecule has 0 saturated carbocycles. The average Bonchev–Trinajstić information content (AvgIpc) is 2.64. The summed E-state index contributed by atoms with van der Waals surface area (Å²) in [4.78, 5) is 23.7. The van der Waals surface area contributed by atoms with Gasteiger partial charge >= 0.3 is 0 Å². The van der Waals surface area contributed by atoms with Crippen molar-refractivity contribution in [3.63, 3.8) is 0 Å². The molecule has 128 valence electrons. The first-order valence-electron chi connectivity index (χ1n) is 8.54. The van der Waals surface area contributed by atoms with Gasteiger partial charge in [-0.05, 0) is 30.2 Å². The van der Waals surface area contributed by atoms with E-state index in [9.17, 15) is 4.79 Å². The van der Waals surface area contributed by atoms with E-state index >= 15 is 0 Å². The van der Waals surface area contributed by atoms with Crippen LogP contribution in [-0.4, -0.2) is 38.9 Å². The van der Waals surface area contributed by atoms with Crippen molar-refractivity contribution in [3.8, 4) is 0 Å². The lowest BCUT2D eigenvalue weighted by atomic mass is 10.1. The molecule has 6 nitrogen and oxygen atoms in total. The normalized spacial score (nSPS) is 18.5. The highest BCUT2D eigenvalue weighted by Crippen LogP contribution is 2.22. The van der Waals surface area contributed by atoms with Crippen molar-refractivity contribution in [1.29, 1.82) is 0 Å². The van der Waals surface area contributed by atoms with Crippen molar-refractivity contribution >= 4 is 5.65 Å². The fraction of sp³-hybridized carbons (Fsp3) is 0.316. The maximum Gasteiger partial charge on any atom is 0.258 e. The summed E-state index contributed by atoms with van der Waals surface area (Å²) < 4.78 is 1.61. The molecule has 0 amide bonds. The quantitative estimate of drug-likeness (QED) is 0.787. The van der Waals surface area contributed by atoms with E-state index in [1.807, 2.05) is 37.5 Å². The highest BCUT2D eigenvalue weighted by Gasteiger charge is 2.24. The predicted octanol–water partition coefficient (Wildman–Crippen LogP) is 1.54. The van der Waals surface area contributed by atoms with Crippen molar-refractivity contribution in [2.24, 2.45) is 0 Å². The van der Waals surface area contributed by atoms with Gasteiger partial charge in [0.25, 0.3) is 5.56 Å². The Hall–Kier alpha value is -2.57. The maximum absolute atomic E-state index is 12.4. The molecule has 1 N–H and O–H groups in total. The molecule has 0 bridgehead atoms. The van der Waals surface area contributed by atoms with Gasteiger partial charge < -0.3 is 5.32 Å². The molecule has 0 aliphatic carbocycles. The summed E-state index contributed by atoms with van der Waals surface area (Å²) >= 11 is 0. The van der Waals surface area contributed by atoms with Crippen LogP contribution < -0.4 is 10.9 Å². The number of nitrogens with zero attached hydrogens (tertiary/aromatic N) is 4. The number of piperazine rings is 1. The summed E-state index contributed by atoms with van der Waals surface area (Å²) in [6.07, 6.45) is 5.53. The van der Waals surface area contributed by atoms with Crippen molar-refractivity contribution in [2.45, 2.75) is 19.5 Å². The number of nitrogens with one attached hydrogen (secondary N) is 1. The second-order valence-corrected chi connectivity index (χ2v) is 6.50. The average molecular weight is 335 g/mol. The third kappa shape index (κ3) is 3.31. The van der Waals surface area contributed by atoms with Crippen LogP contribution in [0.15, 0.2) is 53.7 Å². The van der Waals surface area contributed by atoms with Gasteiger partial charge in [-0.15, -0.1) is 0 Å². The van der Waals surface area contributed by atoms with Crippen LogP contribution in [0, 0.1) is 6.92 Å². The van der Waals surface area contributed by atoms with Gasteiger partial charge in [-0.1, -0.05) is 12.1 Å². The Morgan fingerprint density at radius 2 is 2.24 bits per heavy atom. The van der Waals surface area contributed by atoms with Gasteiger partial charge in [0.1, 0.15) is 5.65 Å². The number of aromatic nitrogens is 3. The van der Waals surface area contributed by atoms with Crippen LogP contribution >= 0.6 is 0 Å². The lowest BCUT2D eigenvalue weighted by Gasteiger charge is -2.36. The number of hydrogen-bond donors (Lipinski definition) is 1. The molecule has 1 unspecified atom stereocenters. The molecule has 3 aromatic rings. The third-order valence-electron chi connectivity index (χ3n) is 4.65. The fourth-order valence-electron chi connectivity index (χ4n) is 3.38. The van der Waals surface area contributed by atoms with E-state index in [1.165, 1.54) is 5.56 Å². The van der Waals surface area contributed by atoms with Crippen LogP contribution in [0.1, 0.15) is 22.9 Å². The van der Waals surface area contributed by atoms with Crippen molar-refractivity contribution < 1.29 is 0 Å². The molecule has 3 aromatic heterocycles. The minimum Gasteiger partial charge on any atom is -0.314 e. The Morgan fingerprint density at radius 3 is 3.08 bits per heavy atom.